The summed E-state index contributed by atoms with van der Waals surface area (Å²) in [7, 11) is 0. The molecule has 0 unspecified atom stereocenters. The van der Waals surface area contributed by atoms with Crippen molar-refractivity contribution in [3.63, 3.8) is 0 Å². The first kappa shape index (κ1) is 15.9. The lowest BCUT2D eigenvalue weighted by Gasteiger charge is -2.06. The number of rotatable bonds is 7. The molecular formula is C17H20N2O3. The molecule has 22 heavy (non-hydrogen) atoms. The van der Waals surface area contributed by atoms with Gasteiger partial charge in [0, 0.05) is 18.0 Å². The first-order chi connectivity index (χ1) is 10.7. The summed E-state index contributed by atoms with van der Waals surface area (Å²) in [5, 5.41) is 0. The third-order valence-corrected chi connectivity index (χ3v) is 3.04. The van der Waals surface area contributed by atoms with Crippen molar-refractivity contribution in [2.24, 2.45) is 0 Å². The van der Waals surface area contributed by atoms with Crippen LogP contribution in [0, 0.1) is 0 Å². The molecule has 1 heterocycles. The highest BCUT2D eigenvalue weighted by molar-refractivity contribution is 5.88. The minimum atomic E-state index is -0.409. The summed E-state index contributed by atoms with van der Waals surface area (Å²) in [5.74, 6) is 0.988. The Kier molecular flexibility index (Phi) is 5.89. The molecule has 0 N–H and O–H groups in total. The van der Waals surface area contributed by atoms with Gasteiger partial charge in [0.2, 0.25) is 0 Å². The summed E-state index contributed by atoms with van der Waals surface area (Å²) < 4.78 is 10.5. The number of nitrogens with zero attached hydrogens (tertiary/aromatic N) is 2. The fraction of sp³-hybridized carbons (Fsp3) is 0.353. The largest absolute Gasteiger partial charge is 0.494 e. The Balaban J connectivity index is 2.03. The van der Waals surface area contributed by atoms with Gasteiger partial charge < -0.3 is 9.47 Å². The van der Waals surface area contributed by atoms with Crippen molar-refractivity contribution in [2.75, 3.05) is 13.2 Å². The number of ether oxygens (including phenoxy) is 2. The molecule has 0 fully saturated rings. The summed E-state index contributed by atoms with van der Waals surface area (Å²) in [6, 6.07) is 7.60. The number of aromatic nitrogens is 2. The standard InChI is InChI=1S/C17H20N2O3/c1-3-5-10-22-15-8-6-13(7-9-15)16-18-11-14(12-19-16)17(20)21-4-2/h6-9,11-12H,3-5,10H2,1-2H3. The molecule has 0 aliphatic rings. The number of unbranched alkanes of at least 4 members (excludes halogenated alkanes) is 1. The van der Waals surface area contributed by atoms with Crippen LogP contribution in [0.3, 0.4) is 0 Å². The monoisotopic (exact) mass is 300 g/mol. The van der Waals surface area contributed by atoms with Gasteiger partial charge in [-0.15, -0.1) is 0 Å². The first-order valence-electron chi connectivity index (χ1n) is 7.47. The molecule has 1 aromatic carbocycles. The highest BCUT2D eigenvalue weighted by Gasteiger charge is 2.08. The molecular weight excluding hydrogens is 280 g/mol. The molecule has 0 aliphatic carbocycles. The second-order valence-electron chi connectivity index (χ2n) is 4.74. The number of carbonyl (C=O) groups is 1. The average molecular weight is 300 g/mol. The predicted molar refractivity (Wildman–Crippen MR) is 83.8 cm³/mol. The van der Waals surface area contributed by atoms with Gasteiger partial charge in [0.05, 0.1) is 18.8 Å². The molecule has 5 heteroatoms. The van der Waals surface area contributed by atoms with Crippen LogP contribution < -0.4 is 4.74 Å². The van der Waals surface area contributed by atoms with E-state index in [2.05, 4.69) is 16.9 Å². The predicted octanol–water partition coefficient (Wildman–Crippen LogP) is 3.50. The Hall–Kier alpha value is -2.43. The Morgan fingerprint density at radius 1 is 1.09 bits per heavy atom. The number of hydrogen-bond donors (Lipinski definition) is 0. The van der Waals surface area contributed by atoms with Gasteiger partial charge >= 0.3 is 5.97 Å². The van der Waals surface area contributed by atoms with E-state index in [-0.39, 0.29) is 0 Å². The molecule has 0 saturated carbocycles. The average Bonchev–Trinajstić information content (AvgIpc) is 2.56. The van der Waals surface area contributed by atoms with Gasteiger partial charge in [-0.25, -0.2) is 14.8 Å². The Morgan fingerprint density at radius 3 is 2.36 bits per heavy atom. The fourth-order valence-electron chi connectivity index (χ4n) is 1.83. The molecule has 2 aromatic rings. The van der Waals surface area contributed by atoms with E-state index in [1.165, 1.54) is 12.4 Å². The maximum atomic E-state index is 11.5. The minimum absolute atomic E-state index is 0.333. The fourth-order valence-corrected chi connectivity index (χ4v) is 1.83. The van der Waals surface area contributed by atoms with Crippen LogP contribution >= 0.6 is 0 Å². The summed E-state index contributed by atoms with van der Waals surface area (Å²) >= 11 is 0. The van der Waals surface area contributed by atoms with Crippen LogP contribution in [0.5, 0.6) is 5.75 Å². The van der Waals surface area contributed by atoms with Crippen LogP contribution in [0.1, 0.15) is 37.0 Å². The lowest BCUT2D eigenvalue weighted by molar-refractivity contribution is 0.0525. The maximum Gasteiger partial charge on any atom is 0.341 e. The highest BCUT2D eigenvalue weighted by atomic mass is 16.5. The van der Waals surface area contributed by atoms with E-state index in [1.54, 1.807) is 6.92 Å². The van der Waals surface area contributed by atoms with Gasteiger partial charge in [-0.2, -0.15) is 0 Å². The van der Waals surface area contributed by atoms with E-state index in [0.29, 0.717) is 18.0 Å². The third-order valence-electron chi connectivity index (χ3n) is 3.04. The molecule has 5 nitrogen and oxygen atoms in total. The van der Waals surface area contributed by atoms with Crippen LogP contribution in [0.15, 0.2) is 36.7 Å². The second kappa shape index (κ2) is 8.12. The molecule has 0 amide bonds. The molecule has 116 valence electrons. The van der Waals surface area contributed by atoms with Crippen LogP contribution in [-0.4, -0.2) is 29.2 Å². The van der Waals surface area contributed by atoms with E-state index >= 15 is 0 Å². The summed E-state index contributed by atoms with van der Waals surface area (Å²) in [6.07, 6.45) is 5.11. The zero-order valence-electron chi connectivity index (χ0n) is 12.9. The van der Waals surface area contributed by atoms with Crippen molar-refractivity contribution >= 4 is 5.97 Å². The number of hydrogen-bond acceptors (Lipinski definition) is 5. The zero-order valence-corrected chi connectivity index (χ0v) is 12.9. The number of benzene rings is 1. The SMILES string of the molecule is CCCCOc1ccc(-c2ncc(C(=O)OCC)cn2)cc1. The van der Waals surface area contributed by atoms with E-state index in [0.717, 1.165) is 30.8 Å². The van der Waals surface area contributed by atoms with E-state index in [9.17, 15) is 4.79 Å². The molecule has 0 aliphatic heterocycles. The second-order valence-corrected chi connectivity index (χ2v) is 4.74. The van der Waals surface area contributed by atoms with Crippen molar-refractivity contribution in [3.05, 3.63) is 42.2 Å². The Labute approximate surface area is 130 Å². The molecule has 0 saturated heterocycles. The van der Waals surface area contributed by atoms with Crippen LogP contribution in [0.2, 0.25) is 0 Å². The van der Waals surface area contributed by atoms with E-state index < -0.39 is 5.97 Å². The van der Waals surface area contributed by atoms with E-state index in [4.69, 9.17) is 9.47 Å². The minimum Gasteiger partial charge on any atom is -0.494 e. The van der Waals surface area contributed by atoms with Gasteiger partial charge in [-0.05, 0) is 37.6 Å². The van der Waals surface area contributed by atoms with Crippen LogP contribution in [0.25, 0.3) is 11.4 Å². The van der Waals surface area contributed by atoms with Crippen molar-refractivity contribution in [1.82, 2.24) is 9.97 Å². The van der Waals surface area contributed by atoms with E-state index in [1.807, 2.05) is 24.3 Å². The van der Waals surface area contributed by atoms with Crippen LogP contribution in [-0.2, 0) is 4.74 Å². The Bertz CT molecular complexity index is 594. The maximum absolute atomic E-state index is 11.5. The van der Waals surface area contributed by atoms with Crippen molar-refractivity contribution in [3.8, 4) is 17.1 Å². The van der Waals surface area contributed by atoms with Crippen molar-refractivity contribution in [2.45, 2.75) is 26.7 Å². The lowest BCUT2D eigenvalue weighted by Crippen LogP contribution is -2.06. The molecule has 0 bridgehead atoms. The highest BCUT2D eigenvalue weighted by Crippen LogP contribution is 2.19. The normalized spacial score (nSPS) is 10.3. The smallest absolute Gasteiger partial charge is 0.341 e. The number of esters is 1. The Morgan fingerprint density at radius 2 is 1.77 bits per heavy atom. The van der Waals surface area contributed by atoms with Gasteiger partial charge in [-0.1, -0.05) is 13.3 Å². The molecule has 0 spiro atoms. The van der Waals surface area contributed by atoms with Gasteiger partial charge in [-0.3, -0.25) is 0 Å². The topological polar surface area (TPSA) is 61.3 Å². The van der Waals surface area contributed by atoms with Gasteiger partial charge in [0.25, 0.3) is 0 Å². The van der Waals surface area contributed by atoms with Crippen LogP contribution in [0.4, 0.5) is 0 Å². The molecule has 0 atom stereocenters. The lowest BCUT2D eigenvalue weighted by atomic mass is 10.2. The summed E-state index contributed by atoms with van der Waals surface area (Å²) in [4.78, 5) is 20.0. The molecule has 2 rings (SSSR count). The molecule has 0 radical (unpaired) electrons. The summed E-state index contributed by atoms with van der Waals surface area (Å²) in [6.45, 7) is 4.95. The van der Waals surface area contributed by atoms with Gasteiger partial charge in [0.1, 0.15) is 5.75 Å². The first-order valence-corrected chi connectivity index (χ1v) is 7.47. The third kappa shape index (κ3) is 4.28. The zero-order chi connectivity index (χ0) is 15.8. The molecule has 1 aromatic heterocycles. The summed E-state index contributed by atoms with van der Waals surface area (Å²) in [5.41, 5.74) is 1.23. The van der Waals surface area contributed by atoms with Gasteiger partial charge in [0.15, 0.2) is 5.82 Å². The van der Waals surface area contributed by atoms with Crippen molar-refractivity contribution in [1.29, 1.82) is 0 Å². The number of carbonyl (C=O) groups excluding carboxylic acids is 1. The van der Waals surface area contributed by atoms with Crippen molar-refractivity contribution < 1.29 is 14.3 Å². The quantitative estimate of drug-likeness (QED) is 0.578.